The van der Waals surface area contributed by atoms with Gasteiger partial charge in [-0.05, 0) is 55.3 Å². The molecule has 0 saturated heterocycles. The highest BCUT2D eigenvalue weighted by molar-refractivity contribution is 6.33. The molecule has 0 spiro atoms. The fourth-order valence-electron chi connectivity index (χ4n) is 4.67. The normalized spacial score (nSPS) is 19.5. The largest absolute Gasteiger partial charge is 0.495 e. The maximum atomic E-state index is 9.86. The van der Waals surface area contributed by atoms with Gasteiger partial charge in [0.1, 0.15) is 10.8 Å². The van der Waals surface area contributed by atoms with Crippen molar-refractivity contribution in [1.82, 2.24) is 14.9 Å². The van der Waals surface area contributed by atoms with Crippen LogP contribution in [0.2, 0.25) is 5.02 Å². The van der Waals surface area contributed by atoms with Crippen LogP contribution in [0.25, 0.3) is 0 Å². The Morgan fingerprint density at radius 1 is 1.24 bits per heavy atom. The number of nitriles is 1. The van der Waals surface area contributed by atoms with Crippen molar-refractivity contribution in [2.24, 2.45) is 0 Å². The number of hydrogen-bond acceptors (Lipinski definition) is 7. The zero-order valence-corrected chi connectivity index (χ0v) is 19.6. The highest BCUT2D eigenvalue weighted by Crippen LogP contribution is 2.45. The van der Waals surface area contributed by atoms with Crippen LogP contribution < -0.4 is 15.0 Å². The van der Waals surface area contributed by atoms with Crippen LogP contribution in [0.5, 0.6) is 5.75 Å². The molecule has 1 unspecified atom stereocenters. The number of fused-ring (bicyclic) bond motifs is 2. The van der Waals surface area contributed by atoms with E-state index in [1.54, 1.807) is 13.3 Å². The van der Waals surface area contributed by atoms with Gasteiger partial charge in [-0.2, -0.15) is 10.2 Å². The number of nitrogens with one attached hydrogen (secondary N) is 1. The van der Waals surface area contributed by atoms with Crippen molar-refractivity contribution >= 4 is 34.7 Å². The molecule has 0 fully saturated rings. The summed E-state index contributed by atoms with van der Waals surface area (Å²) in [6.07, 6.45) is 2.59. The van der Waals surface area contributed by atoms with E-state index in [-0.39, 0.29) is 0 Å². The van der Waals surface area contributed by atoms with Crippen LogP contribution in [0.1, 0.15) is 23.6 Å². The zero-order valence-electron chi connectivity index (χ0n) is 18.9. The summed E-state index contributed by atoms with van der Waals surface area (Å²) in [4.78, 5) is 13.4. The average molecular weight is 461 g/mol. The van der Waals surface area contributed by atoms with Gasteiger partial charge in [-0.15, -0.1) is 0 Å². The molecule has 0 aliphatic carbocycles. The molecule has 7 nitrogen and oxygen atoms in total. The summed E-state index contributed by atoms with van der Waals surface area (Å²) in [5.74, 6) is 1.74. The van der Waals surface area contributed by atoms with Crippen LogP contribution in [0.4, 0.5) is 23.1 Å². The van der Waals surface area contributed by atoms with E-state index in [0.29, 0.717) is 23.3 Å². The van der Waals surface area contributed by atoms with Crippen LogP contribution >= 0.6 is 11.6 Å². The maximum Gasteiger partial charge on any atom is 0.229 e. The Hall–Kier alpha value is -3.34. The Morgan fingerprint density at radius 3 is 2.85 bits per heavy atom. The Bertz CT molecular complexity index is 1270. The van der Waals surface area contributed by atoms with Gasteiger partial charge >= 0.3 is 0 Å². The minimum Gasteiger partial charge on any atom is -0.495 e. The predicted molar refractivity (Wildman–Crippen MR) is 130 cm³/mol. The number of benzene rings is 2. The molecule has 5 rings (SSSR count). The molecule has 1 aromatic heterocycles. The van der Waals surface area contributed by atoms with Gasteiger partial charge in [0.15, 0.2) is 5.82 Å². The van der Waals surface area contributed by atoms with Crippen molar-refractivity contribution in [2.45, 2.75) is 25.3 Å². The first-order chi connectivity index (χ1) is 15.9. The highest BCUT2D eigenvalue weighted by Gasteiger charge is 2.40. The number of nitrogens with zero attached hydrogens (tertiary/aromatic N) is 5. The summed E-state index contributed by atoms with van der Waals surface area (Å²) in [5.41, 5.74) is 4.63. The first kappa shape index (κ1) is 21.5. The van der Waals surface area contributed by atoms with Crippen molar-refractivity contribution in [3.8, 4) is 11.8 Å². The molecule has 0 radical (unpaired) electrons. The smallest absolute Gasteiger partial charge is 0.229 e. The third-order valence-corrected chi connectivity index (χ3v) is 6.73. The molecule has 2 aliphatic rings. The predicted octanol–water partition coefficient (Wildman–Crippen LogP) is 4.80. The number of anilines is 4. The molecule has 1 atom stereocenters. The monoisotopic (exact) mass is 460 g/mol. The van der Waals surface area contributed by atoms with E-state index in [1.165, 1.54) is 11.1 Å². The van der Waals surface area contributed by atoms with Crippen molar-refractivity contribution in [2.75, 3.05) is 37.5 Å². The third-order valence-electron chi connectivity index (χ3n) is 6.46. The van der Waals surface area contributed by atoms with Gasteiger partial charge in [0.2, 0.25) is 5.95 Å². The fraction of sp³-hybridized carbons (Fsp3) is 0.320. The second-order valence-corrected chi connectivity index (χ2v) is 9.25. The van der Waals surface area contributed by atoms with Gasteiger partial charge in [0.05, 0.1) is 30.5 Å². The molecule has 3 aromatic rings. The third kappa shape index (κ3) is 3.75. The summed E-state index contributed by atoms with van der Waals surface area (Å²) >= 11 is 6.54. The Morgan fingerprint density at radius 2 is 2.06 bits per heavy atom. The van der Waals surface area contributed by atoms with Gasteiger partial charge in [-0.1, -0.05) is 29.8 Å². The lowest BCUT2D eigenvalue weighted by Crippen LogP contribution is -2.27. The van der Waals surface area contributed by atoms with Crippen LogP contribution in [-0.4, -0.2) is 42.1 Å². The molecular weight excluding hydrogens is 436 g/mol. The van der Waals surface area contributed by atoms with Gasteiger partial charge in [-0.3, -0.25) is 0 Å². The van der Waals surface area contributed by atoms with Crippen molar-refractivity contribution < 1.29 is 4.74 Å². The second kappa shape index (κ2) is 8.22. The lowest BCUT2D eigenvalue weighted by molar-refractivity contribution is 0.312. The fourth-order valence-corrected chi connectivity index (χ4v) is 4.86. The number of hydrogen-bond donors (Lipinski definition) is 1. The molecule has 0 amide bonds. The average Bonchev–Trinajstić information content (AvgIpc) is 3.13. The first-order valence-electron chi connectivity index (χ1n) is 10.9. The molecule has 168 valence electrons. The minimum absolute atomic E-state index is 0.417. The second-order valence-electron chi connectivity index (χ2n) is 8.85. The van der Waals surface area contributed by atoms with E-state index in [1.807, 2.05) is 36.1 Å². The molecule has 8 heteroatoms. The molecule has 33 heavy (non-hydrogen) atoms. The molecule has 2 aliphatic heterocycles. The van der Waals surface area contributed by atoms with Crippen LogP contribution in [0.15, 0.2) is 42.6 Å². The van der Waals surface area contributed by atoms with E-state index < -0.39 is 5.41 Å². The van der Waals surface area contributed by atoms with E-state index in [0.717, 1.165) is 42.2 Å². The number of para-hydroxylation sites is 1. The maximum absolute atomic E-state index is 9.86. The first-order valence-corrected chi connectivity index (χ1v) is 11.3. The Balaban J connectivity index is 1.51. The number of rotatable bonds is 4. The van der Waals surface area contributed by atoms with E-state index in [2.05, 4.69) is 40.5 Å². The molecular formula is C25H25ClN6O. The molecule has 0 saturated carbocycles. The van der Waals surface area contributed by atoms with E-state index in [9.17, 15) is 5.26 Å². The summed E-state index contributed by atoms with van der Waals surface area (Å²) in [7, 11) is 3.79. The zero-order chi connectivity index (χ0) is 23.2. The lowest BCUT2D eigenvalue weighted by atomic mass is 9.86. The summed E-state index contributed by atoms with van der Waals surface area (Å²) in [6, 6.07) is 14.5. The Kier molecular flexibility index (Phi) is 5.35. The van der Waals surface area contributed by atoms with Gasteiger partial charge < -0.3 is 19.9 Å². The van der Waals surface area contributed by atoms with Crippen molar-refractivity contribution in [3.63, 3.8) is 0 Å². The van der Waals surface area contributed by atoms with Crippen molar-refractivity contribution in [1.29, 1.82) is 5.26 Å². The van der Waals surface area contributed by atoms with Crippen molar-refractivity contribution in [3.05, 3.63) is 64.3 Å². The molecule has 1 N–H and O–H groups in total. The summed E-state index contributed by atoms with van der Waals surface area (Å²) < 4.78 is 5.65. The lowest BCUT2D eigenvalue weighted by Gasteiger charge is -2.26. The standard InChI is InChI=1S/C25H25ClN6O/c1-25(14-27)15-32(21-7-5-4-6-18(21)25)23-19(26)12-28-24(30-23)29-20-10-17-13-31(2)9-8-16(17)11-22(20)33-3/h4-7,10-12H,8-9,13,15H2,1-3H3,(H,28,29,30). The number of methoxy groups -OCH3 is 1. The van der Waals surface area contributed by atoms with Gasteiger partial charge in [0.25, 0.3) is 0 Å². The molecule has 3 heterocycles. The number of likely N-dealkylation sites (N-methyl/N-ethyl adjacent to an activating group) is 1. The quantitative estimate of drug-likeness (QED) is 0.599. The highest BCUT2D eigenvalue weighted by atomic mass is 35.5. The van der Waals surface area contributed by atoms with Gasteiger partial charge in [-0.25, -0.2) is 4.98 Å². The van der Waals surface area contributed by atoms with Crippen LogP contribution in [0, 0.1) is 11.3 Å². The Labute approximate surface area is 198 Å². The SMILES string of the molecule is COc1cc2c(cc1Nc1ncc(Cl)c(N3CC(C)(C#N)c4ccccc43)n1)CN(C)CC2. The van der Waals surface area contributed by atoms with Gasteiger partial charge in [0, 0.05) is 25.3 Å². The minimum atomic E-state index is -0.647. The van der Waals surface area contributed by atoms with E-state index in [4.69, 9.17) is 21.3 Å². The number of halogens is 1. The van der Waals surface area contributed by atoms with Crippen LogP contribution in [0.3, 0.4) is 0 Å². The summed E-state index contributed by atoms with van der Waals surface area (Å²) in [6.45, 7) is 4.33. The topological polar surface area (TPSA) is 77.3 Å². The molecule has 0 bridgehead atoms. The number of ether oxygens (including phenoxy) is 1. The number of aromatic nitrogens is 2. The summed E-state index contributed by atoms with van der Waals surface area (Å²) in [5, 5.41) is 13.6. The van der Waals surface area contributed by atoms with E-state index >= 15 is 0 Å². The van der Waals surface area contributed by atoms with Crippen LogP contribution in [-0.2, 0) is 18.4 Å². The molecule has 2 aromatic carbocycles.